The zero-order chi connectivity index (χ0) is 12.4. The minimum Gasteiger partial charge on any atom is -0.468 e. The fourth-order valence-electron chi connectivity index (χ4n) is 1.80. The van der Waals surface area contributed by atoms with E-state index in [-0.39, 0.29) is 12.4 Å². The molecular formula is C12H14Cl2N2O2. The maximum Gasteiger partial charge on any atom is 0.322 e. The Morgan fingerprint density at radius 3 is 2.94 bits per heavy atom. The SMILES string of the molecule is COC(=O)C(N)Cc1c[nH]c2cc(Cl)ccc12.Cl. The smallest absolute Gasteiger partial charge is 0.322 e. The molecule has 18 heavy (non-hydrogen) atoms. The van der Waals surface area contributed by atoms with E-state index < -0.39 is 12.0 Å². The van der Waals surface area contributed by atoms with Crippen molar-refractivity contribution >= 4 is 40.9 Å². The van der Waals surface area contributed by atoms with Crippen LogP contribution >= 0.6 is 24.0 Å². The molecule has 0 saturated carbocycles. The van der Waals surface area contributed by atoms with Gasteiger partial charge < -0.3 is 15.5 Å². The molecule has 0 saturated heterocycles. The zero-order valence-electron chi connectivity index (χ0n) is 9.77. The third kappa shape index (κ3) is 2.96. The van der Waals surface area contributed by atoms with Crippen molar-refractivity contribution in [3.8, 4) is 0 Å². The number of carbonyl (C=O) groups excluding carboxylic acids is 1. The van der Waals surface area contributed by atoms with Crippen LogP contribution in [0.15, 0.2) is 24.4 Å². The largest absolute Gasteiger partial charge is 0.468 e. The fourth-order valence-corrected chi connectivity index (χ4v) is 1.97. The van der Waals surface area contributed by atoms with Crippen LogP contribution in [-0.2, 0) is 16.0 Å². The monoisotopic (exact) mass is 288 g/mol. The van der Waals surface area contributed by atoms with Gasteiger partial charge in [-0.15, -0.1) is 12.4 Å². The Balaban J connectivity index is 0.00000162. The van der Waals surface area contributed by atoms with Gasteiger partial charge in [-0.3, -0.25) is 4.79 Å². The number of benzene rings is 1. The number of H-pyrrole nitrogens is 1. The maximum absolute atomic E-state index is 11.2. The lowest BCUT2D eigenvalue weighted by Gasteiger charge is -2.07. The highest BCUT2D eigenvalue weighted by molar-refractivity contribution is 6.31. The molecule has 1 unspecified atom stereocenters. The molecule has 0 radical (unpaired) electrons. The predicted octanol–water partition coefficient (Wildman–Crippen LogP) is 2.29. The number of aromatic amines is 1. The topological polar surface area (TPSA) is 68.1 Å². The Morgan fingerprint density at radius 2 is 2.28 bits per heavy atom. The first-order valence-corrected chi connectivity index (χ1v) is 5.58. The minimum atomic E-state index is -0.644. The first-order valence-electron chi connectivity index (χ1n) is 5.20. The highest BCUT2D eigenvalue weighted by atomic mass is 35.5. The number of hydrogen-bond acceptors (Lipinski definition) is 3. The zero-order valence-corrected chi connectivity index (χ0v) is 11.3. The van der Waals surface area contributed by atoms with Crippen molar-refractivity contribution < 1.29 is 9.53 Å². The molecule has 6 heteroatoms. The summed E-state index contributed by atoms with van der Waals surface area (Å²) in [5, 5.41) is 1.69. The second-order valence-electron chi connectivity index (χ2n) is 3.84. The van der Waals surface area contributed by atoms with Crippen LogP contribution in [0.5, 0.6) is 0 Å². The predicted molar refractivity (Wildman–Crippen MR) is 74.3 cm³/mol. The number of esters is 1. The summed E-state index contributed by atoms with van der Waals surface area (Å²) in [6.07, 6.45) is 2.28. The number of methoxy groups -OCH3 is 1. The van der Waals surface area contributed by atoms with Crippen LogP contribution in [0.4, 0.5) is 0 Å². The van der Waals surface area contributed by atoms with Crippen LogP contribution in [0.3, 0.4) is 0 Å². The van der Waals surface area contributed by atoms with Crippen molar-refractivity contribution in [2.75, 3.05) is 7.11 Å². The number of nitrogens with one attached hydrogen (secondary N) is 1. The van der Waals surface area contributed by atoms with E-state index in [1.165, 1.54) is 7.11 Å². The highest BCUT2D eigenvalue weighted by Crippen LogP contribution is 2.22. The lowest BCUT2D eigenvalue weighted by Crippen LogP contribution is -2.33. The van der Waals surface area contributed by atoms with E-state index in [9.17, 15) is 4.79 Å². The Morgan fingerprint density at radius 1 is 1.56 bits per heavy atom. The summed E-state index contributed by atoms with van der Waals surface area (Å²) < 4.78 is 4.60. The Labute approximate surface area is 116 Å². The lowest BCUT2D eigenvalue weighted by molar-refractivity contribution is -0.142. The maximum atomic E-state index is 11.2. The van der Waals surface area contributed by atoms with Gasteiger partial charge in [0.05, 0.1) is 7.11 Å². The second kappa shape index (κ2) is 6.09. The Kier molecular flexibility index (Phi) is 5.02. The van der Waals surface area contributed by atoms with Crippen LogP contribution in [0.25, 0.3) is 10.9 Å². The number of fused-ring (bicyclic) bond motifs is 1. The van der Waals surface area contributed by atoms with E-state index in [1.807, 2.05) is 24.4 Å². The van der Waals surface area contributed by atoms with Gasteiger partial charge in [-0.25, -0.2) is 0 Å². The number of ether oxygens (including phenoxy) is 1. The normalized spacial score (nSPS) is 11.9. The number of halogens is 2. The number of nitrogens with two attached hydrogens (primary N) is 1. The molecule has 0 bridgehead atoms. The van der Waals surface area contributed by atoms with Crippen molar-refractivity contribution in [1.29, 1.82) is 0 Å². The number of rotatable bonds is 3. The molecule has 0 aliphatic carbocycles. The van der Waals surface area contributed by atoms with Crippen LogP contribution < -0.4 is 5.73 Å². The molecule has 98 valence electrons. The van der Waals surface area contributed by atoms with Crippen molar-refractivity contribution in [2.45, 2.75) is 12.5 Å². The molecule has 1 heterocycles. The number of carbonyl (C=O) groups is 1. The van der Waals surface area contributed by atoms with Gasteiger partial charge in [0.15, 0.2) is 0 Å². The Bertz CT molecular complexity index is 554. The second-order valence-corrected chi connectivity index (χ2v) is 4.27. The average molecular weight is 289 g/mol. The van der Waals surface area contributed by atoms with Crippen LogP contribution in [0, 0.1) is 0 Å². The van der Waals surface area contributed by atoms with E-state index in [0.717, 1.165) is 16.5 Å². The van der Waals surface area contributed by atoms with Crippen molar-refractivity contribution in [2.24, 2.45) is 5.73 Å². The summed E-state index contributed by atoms with van der Waals surface area (Å²) >= 11 is 5.89. The summed E-state index contributed by atoms with van der Waals surface area (Å²) in [4.78, 5) is 14.3. The number of hydrogen-bond donors (Lipinski definition) is 2. The molecule has 0 spiro atoms. The van der Waals surface area contributed by atoms with E-state index >= 15 is 0 Å². The minimum absolute atomic E-state index is 0. The molecule has 4 nitrogen and oxygen atoms in total. The first kappa shape index (κ1) is 14.8. The van der Waals surface area contributed by atoms with Crippen molar-refractivity contribution in [1.82, 2.24) is 4.98 Å². The van der Waals surface area contributed by atoms with Gasteiger partial charge in [-0.05, 0) is 17.7 Å². The van der Waals surface area contributed by atoms with Gasteiger partial charge in [0.25, 0.3) is 0 Å². The molecule has 2 aromatic rings. The van der Waals surface area contributed by atoms with E-state index in [4.69, 9.17) is 17.3 Å². The van der Waals surface area contributed by atoms with Gasteiger partial charge in [0, 0.05) is 28.5 Å². The van der Waals surface area contributed by atoms with Crippen molar-refractivity contribution in [3.05, 3.63) is 35.0 Å². The third-order valence-electron chi connectivity index (χ3n) is 2.67. The molecule has 0 aliphatic heterocycles. The lowest BCUT2D eigenvalue weighted by atomic mass is 10.1. The highest BCUT2D eigenvalue weighted by Gasteiger charge is 2.16. The van der Waals surface area contributed by atoms with Gasteiger partial charge in [-0.2, -0.15) is 0 Å². The molecule has 1 aromatic heterocycles. The molecule has 3 N–H and O–H groups in total. The standard InChI is InChI=1S/C12H13ClN2O2.ClH/c1-17-12(16)10(14)4-7-6-15-11-5-8(13)2-3-9(7)11;/h2-3,5-6,10,15H,4,14H2,1H3;1H. The van der Waals surface area contributed by atoms with E-state index in [0.29, 0.717) is 11.4 Å². The molecule has 1 atom stereocenters. The van der Waals surface area contributed by atoms with Gasteiger partial charge in [0.2, 0.25) is 0 Å². The van der Waals surface area contributed by atoms with Crippen molar-refractivity contribution in [3.63, 3.8) is 0 Å². The molecular weight excluding hydrogens is 275 g/mol. The van der Waals surface area contributed by atoms with Crippen LogP contribution in [0.2, 0.25) is 5.02 Å². The van der Waals surface area contributed by atoms with Crippen LogP contribution in [-0.4, -0.2) is 24.1 Å². The molecule has 0 amide bonds. The summed E-state index contributed by atoms with van der Waals surface area (Å²) in [5.41, 5.74) is 7.64. The summed E-state index contributed by atoms with van der Waals surface area (Å²) in [6.45, 7) is 0. The fraction of sp³-hybridized carbons (Fsp3) is 0.250. The summed E-state index contributed by atoms with van der Waals surface area (Å²) in [5.74, 6) is -0.409. The molecule has 0 fully saturated rings. The number of aromatic nitrogens is 1. The quantitative estimate of drug-likeness (QED) is 0.852. The molecule has 1 aromatic carbocycles. The third-order valence-corrected chi connectivity index (χ3v) is 2.91. The van der Waals surface area contributed by atoms with Gasteiger partial charge in [0.1, 0.15) is 6.04 Å². The molecule has 2 rings (SSSR count). The summed E-state index contributed by atoms with van der Waals surface area (Å²) in [7, 11) is 1.33. The molecule has 0 aliphatic rings. The summed E-state index contributed by atoms with van der Waals surface area (Å²) in [6, 6.07) is 4.91. The van der Waals surface area contributed by atoms with Crippen LogP contribution in [0.1, 0.15) is 5.56 Å². The average Bonchev–Trinajstić information content (AvgIpc) is 2.70. The van der Waals surface area contributed by atoms with E-state index in [2.05, 4.69) is 9.72 Å². The van der Waals surface area contributed by atoms with Gasteiger partial charge >= 0.3 is 5.97 Å². The Hall–Kier alpha value is -1.23. The van der Waals surface area contributed by atoms with Gasteiger partial charge in [-0.1, -0.05) is 17.7 Å². The first-order chi connectivity index (χ1) is 8.11. The van der Waals surface area contributed by atoms with E-state index in [1.54, 1.807) is 0 Å².